The molecule has 0 saturated heterocycles. The van der Waals surface area contributed by atoms with Crippen LogP contribution in [0.25, 0.3) is 0 Å². The van der Waals surface area contributed by atoms with Gasteiger partial charge in [0.15, 0.2) is 11.5 Å². The summed E-state index contributed by atoms with van der Waals surface area (Å²) in [6, 6.07) is 21.3. The van der Waals surface area contributed by atoms with Crippen LogP contribution in [0.15, 0.2) is 66.7 Å². The molecule has 2 aliphatic rings. The molecule has 5 rings (SSSR count). The minimum atomic E-state index is -0.523. The largest absolute Gasteiger partial charge is 0.493 e. The number of hydrogen-bond acceptors (Lipinski definition) is 5. The SMILES string of the molecule is COc1cc2c(cc1OC)C1C(C(=O)NCCN(C)Cc3ccccc3)c3ccccc3C(=O)N1CC2. The lowest BCUT2D eigenvalue weighted by Crippen LogP contribution is -2.50. The Morgan fingerprint density at radius 1 is 1.00 bits per heavy atom. The molecule has 3 aromatic rings. The van der Waals surface area contributed by atoms with Crippen LogP contribution in [0.4, 0.5) is 0 Å². The maximum atomic E-state index is 13.8. The van der Waals surface area contributed by atoms with Crippen LogP contribution in [0, 0.1) is 0 Å². The fraction of sp³-hybridized carbons (Fsp3) is 0.333. The highest BCUT2D eigenvalue weighted by Crippen LogP contribution is 2.48. The van der Waals surface area contributed by atoms with Gasteiger partial charge in [0, 0.05) is 31.7 Å². The molecule has 0 aliphatic carbocycles. The number of methoxy groups -OCH3 is 2. The monoisotopic (exact) mass is 499 g/mol. The molecule has 2 unspecified atom stereocenters. The first kappa shape index (κ1) is 24.8. The van der Waals surface area contributed by atoms with E-state index in [9.17, 15) is 9.59 Å². The molecule has 2 amide bonds. The van der Waals surface area contributed by atoms with Crippen molar-refractivity contribution >= 4 is 11.8 Å². The van der Waals surface area contributed by atoms with E-state index in [1.165, 1.54) is 5.56 Å². The number of rotatable bonds is 8. The Morgan fingerprint density at radius 2 is 1.70 bits per heavy atom. The lowest BCUT2D eigenvalue weighted by Gasteiger charge is -2.45. The molecule has 2 aliphatic heterocycles. The van der Waals surface area contributed by atoms with Crippen molar-refractivity contribution in [3.05, 3.63) is 94.5 Å². The molecule has 0 radical (unpaired) electrons. The van der Waals surface area contributed by atoms with Crippen LogP contribution >= 0.6 is 0 Å². The Bertz CT molecular complexity index is 1290. The Labute approximate surface area is 218 Å². The molecule has 3 aromatic carbocycles. The normalized spacial score (nSPS) is 18.1. The average Bonchev–Trinajstić information content (AvgIpc) is 2.92. The van der Waals surface area contributed by atoms with Gasteiger partial charge in [-0.25, -0.2) is 0 Å². The Hall–Kier alpha value is -3.84. The molecule has 2 heterocycles. The number of benzene rings is 3. The van der Waals surface area contributed by atoms with Crippen LogP contribution in [-0.2, 0) is 17.8 Å². The van der Waals surface area contributed by atoms with Gasteiger partial charge >= 0.3 is 0 Å². The molecule has 192 valence electrons. The predicted molar refractivity (Wildman–Crippen MR) is 142 cm³/mol. The van der Waals surface area contributed by atoms with Crippen LogP contribution in [0.3, 0.4) is 0 Å². The summed E-state index contributed by atoms with van der Waals surface area (Å²) in [6.07, 6.45) is 0.693. The van der Waals surface area contributed by atoms with Crippen LogP contribution in [0.2, 0.25) is 0 Å². The van der Waals surface area contributed by atoms with Crippen molar-refractivity contribution in [2.24, 2.45) is 0 Å². The number of nitrogens with one attached hydrogen (secondary N) is 1. The lowest BCUT2D eigenvalue weighted by molar-refractivity contribution is -0.124. The van der Waals surface area contributed by atoms with Gasteiger partial charge in [-0.05, 0) is 53.9 Å². The molecule has 2 atom stereocenters. The third-order valence-electron chi connectivity index (χ3n) is 7.40. The average molecular weight is 500 g/mol. The topological polar surface area (TPSA) is 71.1 Å². The van der Waals surface area contributed by atoms with Gasteiger partial charge in [-0.1, -0.05) is 48.5 Å². The number of hydrogen-bond donors (Lipinski definition) is 1. The lowest BCUT2D eigenvalue weighted by atomic mass is 9.75. The van der Waals surface area contributed by atoms with Crippen LogP contribution in [0.5, 0.6) is 11.5 Å². The molecular weight excluding hydrogens is 466 g/mol. The number of nitrogens with zero attached hydrogens (tertiary/aromatic N) is 2. The number of ether oxygens (including phenoxy) is 2. The summed E-state index contributed by atoms with van der Waals surface area (Å²) >= 11 is 0. The third-order valence-corrected chi connectivity index (χ3v) is 7.40. The molecule has 0 aromatic heterocycles. The van der Waals surface area contributed by atoms with Crippen molar-refractivity contribution < 1.29 is 19.1 Å². The second-order valence-corrected chi connectivity index (χ2v) is 9.68. The van der Waals surface area contributed by atoms with Gasteiger partial charge in [-0.2, -0.15) is 0 Å². The van der Waals surface area contributed by atoms with Gasteiger partial charge in [0.2, 0.25) is 5.91 Å². The maximum absolute atomic E-state index is 13.8. The minimum Gasteiger partial charge on any atom is -0.493 e. The Balaban J connectivity index is 1.42. The highest BCUT2D eigenvalue weighted by molar-refractivity contribution is 6.01. The van der Waals surface area contributed by atoms with Crippen molar-refractivity contribution in [2.45, 2.75) is 24.9 Å². The van der Waals surface area contributed by atoms with E-state index in [0.717, 1.165) is 23.2 Å². The van der Waals surface area contributed by atoms with E-state index >= 15 is 0 Å². The van der Waals surface area contributed by atoms with Crippen LogP contribution in [0.1, 0.15) is 44.6 Å². The highest BCUT2D eigenvalue weighted by Gasteiger charge is 2.46. The highest BCUT2D eigenvalue weighted by atomic mass is 16.5. The fourth-order valence-corrected chi connectivity index (χ4v) is 5.59. The summed E-state index contributed by atoms with van der Waals surface area (Å²) in [5.74, 6) is 0.611. The minimum absolute atomic E-state index is 0.0346. The molecule has 0 spiro atoms. The van der Waals surface area contributed by atoms with Crippen LogP contribution in [-0.4, -0.2) is 62.5 Å². The van der Waals surface area contributed by atoms with Gasteiger partial charge in [0.05, 0.1) is 26.2 Å². The molecule has 7 nitrogen and oxygen atoms in total. The number of carbonyl (C=O) groups excluding carboxylic acids is 2. The summed E-state index contributed by atoms with van der Waals surface area (Å²) in [6.45, 7) is 2.58. The van der Waals surface area contributed by atoms with E-state index in [0.29, 0.717) is 43.1 Å². The first-order valence-electron chi connectivity index (χ1n) is 12.7. The van der Waals surface area contributed by atoms with Gasteiger partial charge in [-0.3, -0.25) is 9.59 Å². The Morgan fingerprint density at radius 3 is 2.46 bits per heavy atom. The summed E-state index contributed by atoms with van der Waals surface area (Å²) in [5.41, 5.74) is 4.62. The third kappa shape index (κ3) is 4.79. The zero-order valence-corrected chi connectivity index (χ0v) is 21.6. The van der Waals surface area contributed by atoms with E-state index in [-0.39, 0.29) is 11.8 Å². The Kier molecular flexibility index (Phi) is 7.15. The van der Waals surface area contributed by atoms with Crippen molar-refractivity contribution in [1.29, 1.82) is 0 Å². The molecule has 0 saturated carbocycles. The summed E-state index contributed by atoms with van der Waals surface area (Å²) in [5, 5.41) is 3.17. The molecule has 7 heteroatoms. The quantitative estimate of drug-likeness (QED) is 0.511. The summed E-state index contributed by atoms with van der Waals surface area (Å²) in [4.78, 5) is 31.4. The standard InChI is InChI=1S/C30H33N3O4/c1-32(19-20-9-5-4-6-10-20)16-14-31-29(34)27-22-11-7-8-12-23(22)30(35)33-15-13-21-17-25(36-2)26(37-3)18-24(21)28(27)33/h4-12,17-18,27-28H,13-16,19H2,1-3H3,(H,31,34). The van der Waals surface area contributed by atoms with Crippen molar-refractivity contribution in [3.8, 4) is 11.5 Å². The van der Waals surface area contributed by atoms with Crippen LogP contribution < -0.4 is 14.8 Å². The van der Waals surface area contributed by atoms with Crippen molar-refractivity contribution in [2.75, 3.05) is 40.9 Å². The molecule has 1 N–H and O–H groups in total. The first-order chi connectivity index (χ1) is 18.0. The van der Waals surface area contributed by atoms with Gasteiger partial charge in [0.25, 0.3) is 5.91 Å². The molecular formula is C30H33N3O4. The molecule has 37 heavy (non-hydrogen) atoms. The molecule has 0 fully saturated rings. The summed E-state index contributed by atoms with van der Waals surface area (Å²) in [7, 11) is 5.26. The van der Waals surface area contributed by atoms with Crippen molar-refractivity contribution in [3.63, 3.8) is 0 Å². The molecule has 0 bridgehead atoms. The van der Waals surface area contributed by atoms with E-state index in [1.54, 1.807) is 14.2 Å². The number of likely N-dealkylation sites (N-methyl/N-ethyl adjacent to an activating group) is 1. The zero-order chi connectivity index (χ0) is 25.9. The zero-order valence-electron chi connectivity index (χ0n) is 21.6. The van der Waals surface area contributed by atoms with E-state index in [1.807, 2.05) is 66.5 Å². The van der Waals surface area contributed by atoms with E-state index in [4.69, 9.17) is 9.47 Å². The first-order valence-corrected chi connectivity index (χ1v) is 12.7. The van der Waals surface area contributed by atoms with Crippen molar-refractivity contribution in [1.82, 2.24) is 15.1 Å². The number of carbonyl (C=O) groups is 2. The number of fused-ring (bicyclic) bond motifs is 4. The second kappa shape index (κ2) is 10.6. The van der Waals surface area contributed by atoms with Gasteiger partial charge < -0.3 is 24.6 Å². The second-order valence-electron chi connectivity index (χ2n) is 9.68. The fourth-order valence-electron chi connectivity index (χ4n) is 5.59. The number of amides is 2. The maximum Gasteiger partial charge on any atom is 0.254 e. The smallest absolute Gasteiger partial charge is 0.254 e. The van der Waals surface area contributed by atoms with Gasteiger partial charge in [0.1, 0.15) is 0 Å². The van der Waals surface area contributed by atoms with E-state index in [2.05, 4.69) is 22.3 Å². The predicted octanol–water partition coefficient (Wildman–Crippen LogP) is 3.79. The van der Waals surface area contributed by atoms with Gasteiger partial charge in [-0.15, -0.1) is 0 Å². The summed E-state index contributed by atoms with van der Waals surface area (Å²) < 4.78 is 11.1. The van der Waals surface area contributed by atoms with E-state index < -0.39 is 12.0 Å².